The maximum atomic E-state index is 12.9. The predicted molar refractivity (Wildman–Crippen MR) is 140 cm³/mol. The van der Waals surface area contributed by atoms with Crippen LogP contribution < -0.4 is 21.7 Å². The number of rotatable bonds is 12. The van der Waals surface area contributed by atoms with Crippen molar-refractivity contribution in [1.29, 1.82) is 0 Å². The number of nitrogens with one attached hydrogen (secondary N) is 3. The van der Waals surface area contributed by atoms with Crippen molar-refractivity contribution < 1.29 is 29.4 Å². The van der Waals surface area contributed by atoms with Gasteiger partial charge in [-0.05, 0) is 24.6 Å². The molecule has 0 heterocycles. The molecule has 0 saturated heterocycles. The van der Waals surface area contributed by atoms with Gasteiger partial charge in [0.15, 0.2) is 0 Å². The third-order valence-electron chi connectivity index (χ3n) is 5.95. The molecule has 0 aliphatic carbocycles. The molecule has 2 atom stereocenters. The van der Waals surface area contributed by atoms with E-state index < -0.39 is 36.2 Å². The van der Waals surface area contributed by atoms with Crippen LogP contribution in [0.2, 0.25) is 0 Å². The number of phenolic OH excluding ortho intramolecular Hbond substituents is 1. The van der Waals surface area contributed by atoms with E-state index in [1.54, 1.807) is 6.92 Å². The fourth-order valence-electron chi connectivity index (χ4n) is 3.72. The molecule has 0 unspecified atom stereocenters. The van der Waals surface area contributed by atoms with Gasteiger partial charge >= 0.3 is 0 Å². The molecule has 0 saturated carbocycles. The highest BCUT2D eigenvalue weighted by Gasteiger charge is 2.29. The van der Waals surface area contributed by atoms with Gasteiger partial charge in [0.1, 0.15) is 11.8 Å². The van der Waals surface area contributed by atoms with Crippen molar-refractivity contribution in [3.63, 3.8) is 0 Å². The summed E-state index contributed by atoms with van der Waals surface area (Å²) >= 11 is 0. The van der Waals surface area contributed by atoms with Gasteiger partial charge in [-0.15, -0.1) is 0 Å². The normalized spacial score (nSPS) is 12.2. The smallest absolute Gasteiger partial charge is 0.243 e. The number of hydrogen-bond acceptors (Lipinski definition) is 7. The summed E-state index contributed by atoms with van der Waals surface area (Å²) in [5.74, 6) is -2.95. The van der Waals surface area contributed by atoms with Gasteiger partial charge in [0.2, 0.25) is 23.6 Å². The molecule has 2 aromatic rings. The SMILES string of the molecule is CCC(=O)Nc1ccc(O)c(N)c1[C@@H](C)C(=O)NCC(=O)N(C)[C@@H](Cc1ccccc1)C(=O)NCCO. The van der Waals surface area contributed by atoms with Gasteiger partial charge in [0, 0.05) is 37.7 Å². The summed E-state index contributed by atoms with van der Waals surface area (Å²) < 4.78 is 0. The Morgan fingerprint density at radius 3 is 2.32 bits per heavy atom. The minimum absolute atomic E-state index is 0.0443. The molecular formula is C26H35N5O6. The second-order valence-corrected chi connectivity index (χ2v) is 8.53. The molecule has 4 amide bonds. The zero-order valence-corrected chi connectivity index (χ0v) is 21.3. The minimum Gasteiger partial charge on any atom is -0.506 e. The Morgan fingerprint density at radius 1 is 1.03 bits per heavy atom. The van der Waals surface area contributed by atoms with E-state index in [0.717, 1.165) is 5.56 Å². The van der Waals surface area contributed by atoms with Crippen LogP contribution in [0, 0.1) is 0 Å². The van der Waals surface area contributed by atoms with E-state index in [9.17, 15) is 24.3 Å². The van der Waals surface area contributed by atoms with Gasteiger partial charge < -0.3 is 36.8 Å². The van der Waals surface area contributed by atoms with Crippen molar-refractivity contribution in [2.45, 2.75) is 38.6 Å². The van der Waals surface area contributed by atoms with E-state index in [-0.39, 0.29) is 54.6 Å². The van der Waals surface area contributed by atoms with Crippen LogP contribution in [0.3, 0.4) is 0 Å². The quantitative estimate of drug-likeness (QED) is 0.138. The van der Waals surface area contributed by atoms with Crippen LogP contribution in [-0.4, -0.2) is 71.5 Å². The Balaban J connectivity index is 2.14. The third kappa shape index (κ3) is 7.94. The predicted octanol–water partition coefficient (Wildman–Crippen LogP) is 0.721. The van der Waals surface area contributed by atoms with Gasteiger partial charge in [-0.1, -0.05) is 37.3 Å². The van der Waals surface area contributed by atoms with Crippen LogP contribution >= 0.6 is 0 Å². The van der Waals surface area contributed by atoms with Crippen molar-refractivity contribution in [3.8, 4) is 5.75 Å². The third-order valence-corrected chi connectivity index (χ3v) is 5.95. The van der Waals surface area contributed by atoms with Gasteiger partial charge in [-0.3, -0.25) is 19.2 Å². The summed E-state index contributed by atoms with van der Waals surface area (Å²) in [7, 11) is 1.47. The maximum absolute atomic E-state index is 12.9. The molecule has 0 fully saturated rings. The first-order valence-electron chi connectivity index (χ1n) is 12.0. The molecule has 0 bridgehead atoms. The fraction of sp³-hybridized carbons (Fsp3) is 0.385. The molecule has 2 aromatic carbocycles. The van der Waals surface area contributed by atoms with Crippen LogP contribution in [0.15, 0.2) is 42.5 Å². The van der Waals surface area contributed by atoms with Crippen LogP contribution in [0.1, 0.15) is 37.3 Å². The highest BCUT2D eigenvalue weighted by molar-refractivity contribution is 5.97. The summed E-state index contributed by atoms with van der Waals surface area (Å²) in [6.07, 6.45) is 0.447. The average molecular weight is 514 g/mol. The molecule has 0 aliphatic heterocycles. The van der Waals surface area contributed by atoms with Crippen molar-refractivity contribution in [2.75, 3.05) is 37.8 Å². The van der Waals surface area contributed by atoms with Crippen molar-refractivity contribution >= 4 is 35.0 Å². The Labute approximate surface area is 216 Å². The number of nitrogens with zero attached hydrogens (tertiary/aromatic N) is 1. The number of nitrogen functional groups attached to an aromatic ring is 1. The van der Waals surface area contributed by atoms with Crippen molar-refractivity contribution in [1.82, 2.24) is 15.5 Å². The number of carbonyl (C=O) groups excluding carboxylic acids is 4. The summed E-state index contributed by atoms with van der Waals surface area (Å²) in [6, 6.07) is 11.1. The molecule has 11 nitrogen and oxygen atoms in total. The molecule has 2 rings (SSSR count). The topological polar surface area (TPSA) is 174 Å². The second kappa shape index (κ2) is 13.8. The zero-order chi connectivity index (χ0) is 27.5. The van der Waals surface area contributed by atoms with Gasteiger partial charge in [-0.25, -0.2) is 0 Å². The molecule has 11 heteroatoms. The lowest BCUT2D eigenvalue weighted by Crippen LogP contribution is -2.52. The zero-order valence-electron chi connectivity index (χ0n) is 21.3. The van der Waals surface area contributed by atoms with Crippen LogP contribution in [0.25, 0.3) is 0 Å². The number of likely N-dealkylation sites (N-methyl/N-ethyl adjacent to an activating group) is 1. The van der Waals surface area contributed by atoms with E-state index in [1.807, 2.05) is 30.3 Å². The van der Waals surface area contributed by atoms with E-state index in [4.69, 9.17) is 10.8 Å². The number of hydrogen-bond donors (Lipinski definition) is 6. The summed E-state index contributed by atoms with van der Waals surface area (Å²) in [5, 5.41) is 26.9. The number of phenols is 1. The Bertz CT molecular complexity index is 1110. The van der Waals surface area contributed by atoms with Crippen molar-refractivity contribution in [2.24, 2.45) is 0 Å². The maximum Gasteiger partial charge on any atom is 0.243 e. The number of benzene rings is 2. The van der Waals surface area contributed by atoms with E-state index in [2.05, 4.69) is 16.0 Å². The summed E-state index contributed by atoms with van der Waals surface area (Å²) in [5.41, 5.74) is 7.31. The standard InChI is InChI=1S/C26H35N5O6/c1-4-21(34)30-18-10-11-20(33)24(27)23(18)16(2)25(36)29-15-22(35)31(3)19(26(37)28-12-13-32)14-17-8-6-5-7-9-17/h5-11,16,19,32-33H,4,12-15,27H2,1-3H3,(H,28,37)(H,29,36)(H,30,34)/t16-,19+/m1/s1. The number of aliphatic hydroxyl groups is 1. The first-order valence-corrected chi connectivity index (χ1v) is 12.0. The molecule has 37 heavy (non-hydrogen) atoms. The van der Waals surface area contributed by atoms with Gasteiger partial charge in [0.05, 0.1) is 24.8 Å². The highest BCUT2D eigenvalue weighted by atomic mass is 16.3. The van der Waals surface area contributed by atoms with Gasteiger partial charge in [0.25, 0.3) is 0 Å². The molecule has 0 radical (unpaired) electrons. The first-order chi connectivity index (χ1) is 17.6. The minimum atomic E-state index is -0.912. The number of carbonyl (C=O) groups is 4. The Hall–Kier alpha value is -4.12. The van der Waals surface area contributed by atoms with E-state index >= 15 is 0 Å². The molecule has 200 valence electrons. The second-order valence-electron chi connectivity index (χ2n) is 8.53. The number of nitrogens with two attached hydrogens (primary N) is 1. The molecule has 0 aliphatic rings. The van der Waals surface area contributed by atoms with Crippen LogP contribution in [0.4, 0.5) is 11.4 Å². The monoisotopic (exact) mass is 513 g/mol. The molecular weight excluding hydrogens is 478 g/mol. The lowest BCUT2D eigenvalue weighted by Gasteiger charge is -2.28. The first kappa shape index (κ1) is 29.1. The highest BCUT2D eigenvalue weighted by Crippen LogP contribution is 2.36. The molecule has 0 aromatic heterocycles. The van der Waals surface area contributed by atoms with Crippen LogP contribution in [-0.2, 0) is 25.6 Å². The summed E-state index contributed by atoms with van der Waals surface area (Å²) in [4.78, 5) is 51.8. The fourth-order valence-corrected chi connectivity index (χ4v) is 3.72. The van der Waals surface area contributed by atoms with Crippen molar-refractivity contribution in [3.05, 3.63) is 53.6 Å². The van der Waals surface area contributed by atoms with Gasteiger partial charge in [-0.2, -0.15) is 0 Å². The largest absolute Gasteiger partial charge is 0.506 e. The van der Waals surface area contributed by atoms with Crippen LogP contribution in [0.5, 0.6) is 5.75 Å². The van der Waals surface area contributed by atoms with E-state index in [1.165, 1.54) is 31.0 Å². The number of aromatic hydroxyl groups is 1. The number of aliphatic hydroxyl groups excluding tert-OH is 1. The Morgan fingerprint density at radius 2 is 1.70 bits per heavy atom. The Kier molecular flexibility index (Phi) is 10.9. The lowest BCUT2D eigenvalue weighted by atomic mass is 9.95. The van der Waals surface area contributed by atoms with E-state index in [0.29, 0.717) is 0 Å². The molecule has 0 spiro atoms. The lowest BCUT2D eigenvalue weighted by molar-refractivity contribution is -0.139. The number of amides is 4. The number of anilines is 2. The summed E-state index contributed by atoms with van der Waals surface area (Å²) in [6.45, 7) is 2.62. The molecule has 7 N–H and O–H groups in total. The average Bonchev–Trinajstić information content (AvgIpc) is 2.90.